The van der Waals surface area contributed by atoms with Crippen LogP contribution in [0.3, 0.4) is 0 Å². The maximum atomic E-state index is 14.7. The van der Waals surface area contributed by atoms with Gasteiger partial charge in [-0.3, -0.25) is 39.4 Å². The summed E-state index contributed by atoms with van der Waals surface area (Å²) in [6.45, 7) is 26.2. The molecule has 1 heterocycles. The van der Waals surface area contributed by atoms with Crippen LogP contribution >= 0.6 is 0 Å². The fourth-order valence-corrected chi connectivity index (χ4v) is 10.6. The number of hydrogen-bond donors (Lipinski definition) is 5. The van der Waals surface area contributed by atoms with Crippen LogP contribution < -0.4 is 21.3 Å². The van der Waals surface area contributed by atoms with E-state index in [9.17, 15) is 43.5 Å². The Bertz CT molecular complexity index is 2660. The molecular weight excluding hydrogens is 1180 g/mol. The van der Waals surface area contributed by atoms with Crippen LogP contribution in [0.25, 0.3) is 0 Å². The molecule has 0 radical (unpaired) electrons. The van der Waals surface area contributed by atoms with Gasteiger partial charge in [0, 0.05) is 46.6 Å². The fourth-order valence-electron chi connectivity index (χ4n) is 10.6. The van der Waals surface area contributed by atoms with Gasteiger partial charge in [0.1, 0.15) is 29.9 Å². The lowest BCUT2D eigenvalue weighted by Gasteiger charge is -2.41. The maximum absolute atomic E-state index is 14.7. The van der Waals surface area contributed by atoms with Crippen molar-refractivity contribution in [3.8, 4) is 0 Å². The first-order chi connectivity index (χ1) is 42.8. The first-order valence-electron chi connectivity index (χ1n) is 31.5. The van der Waals surface area contributed by atoms with Crippen molar-refractivity contribution in [2.45, 2.75) is 182 Å². The molecule has 1 saturated heterocycles. The van der Waals surface area contributed by atoms with Gasteiger partial charge in [0.05, 0.1) is 106 Å². The third-order valence-electron chi connectivity index (χ3n) is 15.5. The molecule has 3 rings (SSSR count). The van der Waals surface area contributed by atoms with Crippen LogP contribution in [-0.2, 0) is 61.9 Å². The number of amides is 8. The zero-order valence-corrected chi connectivity index (χ0v) is 57.1. The fraction of sp³-hybridized carbons (Fsp3) is 0.682. The first-order valence-corrected chi connectivity index (χ1v) is 31.5. The van der Waals surface area contributed by atoms with Gasteiger partial charge in [-0.1, -0.05) is 85.2 Å². The molecule has 1 aliphatic rings. The normalized spacial score (nSPS) is 16.6. The highest BCUT2D eigenvalue weighted by Crippen LogP contribution is 2.31. The van der Waals surface area contributed by atoms with Gasteiger partial charge in [-0.05, 0) is 103 Å². The number of methoxy groups -OCH3 is 2. The highest BCUT2D eigenvalue weighted by molar-refractivity contribution is 6.03. The highest BCUT2D eigenvalue weighted by atomic mass is 16.6. The molecule has 25 nitrogen and oxygen atoms in total. The van der Waals surface area contributed by atoms with E-state index in [1.54, 1.807) is 84.4 Å². The summed E-state index contributed by atoms with van der Waals surface area (Å²) >= 11 is 0. The Morgan fingerprint density at radius 1 is 0.714 bits per heavy atom. The quantitative estimate of drug-likeness (QED) is 0.0327. The van der Waals surface area contributed by atoms with Gasteiger partial charge < -0.3 is 68.3 Å². The molecule has 8 amide bonds. The number of anilines is 2. The average molecular weight is 1280 g/mol. The van der Waals surface area contributed by atoms with E-state index >= 15 is 0 Å². The van der Waals surface area contributed by atoms with Crippen molar-refractivity contribution in [3.63, 3.8) is 0 Å². The molecule has 5 N–H and O–H groups in total. The lowest BCUT2D eigenvalue weighted by atomic mass is 9.89. The summed E-state index contributed by atoms with van der Waals surface area (Å²) in [5, 5.41) is 22.0. The van der Waals surface area contributed by atoms with Gasteiger partial charge >= 0.3 is 12.2 Å². The molecule has 0 spiro atoms. The van der Waals surface area contributed by atoms with E-state index in [1.165, 1.54) is 50.6 Å². The second kappa shape index (κ2) is 38.4. The summed E-state index contributed by atoms with van der Waals surface area (Å²) in [6, 6.07) is 9.78. The third-order valence-corrected chi connectivity index (χ3v) is 15.5. The van der Waals surface area contributed by atoms with E-state index in [0.717, 1.165) is 0 Å². The number of aliphatic hydroxyl groups excluding tert-OH is 1. The van der Waals surface area contributed by atoms with Crippen LogP contribution in [-0.4, -0.2) is 215 Å². The summed E-state index contributed by atoms with van der Waals surface area (Å²) in [7, 11) is 6.22. The molecular formula is C66H106N8O17. The van der Waals surface area contributed by atoms with Crippen LogP contribution in [0.15, 0.2) is 53.5 Å². The number of likely N-dealkylation sites (tertiary alicyclic amines) is 1. The Morgan fingerprint density at radius 2 is 1.29 bits per heavy atom. The summed E-state index contributed by atoms with van der Waals surface area (Å²) in [6.07, 6.45) is -0.685. The number of benzene rings is 2. The van der Waals surface area contributed by atoms with Gasteiger partial charge in [-0.2, -0.15) is 0 Å². The minimum atomic E-state index is -0.998. The number of aliphatic hydroxyl groups is 1. The van der Waals surface area contributed by atoms with Crippen LogP contribution in [0, 0.1) is 23.7 Å². The molecule has 10 atom stereocenters. The Morgan fingerprint density at radius 3 is 1.82 bits per heavy atom. The minimum absolute atomic E-state index is 0.00590. The number of nitrogens with zero attached hydrogens (tertiary/aromatic N) is 4. The Kier molecular flexibility index (Phi) is 33.2. The number of likely N-dealkylation sites (N-methyl/N-ethyl adjacent to an activating group) is 2. The van der Waals surface area contributed by atoms with Crippen LogP contribution in [0.4, 0.5) is 21.0 Å². The smallest absolute Gasteiger partial charge is 0.412 e. The van der Waals surface area contributed by atoms with E-state index in [1.807, 2.05) is 59.7 Å². The number of carbonyl (C=O) groups excluding carboxylic acids is 8. The van der Waals surface area contributed by atoms with Crippen LogP contribution in [0.5, 0.6) is 0 Å². The molecule has 2 aromatic carbocycles. The predicted molar refractivity (Wildman–Crippen MR) is 346 cm³/mol. The molecule has 0 aromatic heterocycles. The molecule has 0 aliphatic carbocycles. The van der Waals surface area contributed by atoms with Crippen molar-refractivity contribution in [1.29, 1.82) is 0 Å². The highest BCUT2D eigenvalue weighted by Gasteiger charge is 2.44. The van der Waals surface area contributed by atoms with Crippen molar-refractivity contribution in [1.82, 2.24) is 25.3 Å². The second-order valence-corrected chi connectivity index (χ2v) is 25.6. The number of ether oxygens (including phenoxy) is 8. The van der Waals surface area contributed by atoms with E-state index < -0.39 is 95.5 Å². The monoisotopic (exact) mass is 1280 g/mol. The average Bonchev–Trinajstić information content (AvgIpc) is 2.04. The molecule has 0 saturated carbocycles. The standard InChI is InChI=1S/C66H106N8O17/c1-19-43(6)56(51(84-17)39-52(75)74-30-23-26-50(74)58(85-18)44(7)59(78)68-45(8)57(77)46-24-21-20-22-25-46)73(16)62(81)54(41(2)3)71-61(80)55(42(4)5)72(15)53(76)40-89-37-36-88-35-34-87-33-32-86-31-29-67-60(79)47-27-28-48(69-63(82)90-65(9,10)11)49(38-47)70-64(83)91-66(12,13)14/h20-22,24-25,27-29,38,41-45,50-51,54-58,77H,19,23,26,30-37,39-40H2,1-18H3,(H,68,78)(H,69,82)(H,70,83)(H,71,80)/b67-29+/t43?,44?,45-,50?,51?,54-,55?,56?,57-,58?/m0/s1. The Balaban J connectivity index is 1.48. The molecule has 25 heteroatoms. The number of rotatable bonds is 36. The molecule has 91 heavy (non-hydrogen) atoms. The van der Waals surface area contributed by atoms with Gasteiger partial charge in [-0.15, -0.1) is 0 Å². The van der Waals surface area contributed by atoms with Crippen molar-refractivity contribution in [2.75, 3.05) is 98.3 Å². The van der Waals surface area contributed by atoms with Gasteiger partial charge in [0.15, 0.2) is 0 Å². The van der Waals surface area contributed by atoms with Gasteiger partial charge in [-0.25, -0.2) is 14.6 Å². The zero-order valence-electron chi connectivity index (χ0n) is 57.1. The van der Waals surface area contributed by atoms with E-state index in [-0.39, 0.29) is 112 Å². The molecule has 0 bridgehead atoms. The zero-order chi connectivity index (χ0) is 68.3. The summed E-state index contributed by atoms with van der Waals surface area (Å²) < 4.78 is 45.0. The van der Waals surface area contributed by atoms with Gasteiger partial charge in [0.2, 0.25) is 29.5 Å². The van der Waals surface area contributed by atoms with Gasteiger partial charge in [0.25, 0.3) is 5.91 Å². The predicted octanol–water partition coefficient (Wildman–Crippen LogP) is 7.44. The summed E-state index contributed by atoms with van der Waals surface area (Å²) in [5.74, 6) is -4.02. The van der Waals surface area contributed by atoms with Crippen LogP contribution in [0.2, 0.25) is 0 Å². The molecule has 1 aliphatic heterocycles. The molecule has 2 aromatic rings. The SMILES string of the molecule is CCC(C)C(C(CC(=O)N1CCCC1C(OC)C(C)C(=O)N[C@@H](C)[C@H](O)c1ccccc1)OC)N(C)C(=O)[C@@H](NC(=O)C(C(C)C)N(C)C(=O)COCCOCCOCCOC/C=N/C(=O)c1ccc(NC(=O)OC(C)(C)C)c(NC(=O)OC(C)(C)C)c1)C(C)C. The molecule has 512 valence electrons. The van der Waals surface area contributed by atoms with Crippen molar-refractivity contribution in [3.05, 3.63) is 59.7 Å². The maximum Gasteiger partial charge on any atom is 0.412 e. The summed E-state index contributed by atoms with van der Waals surface area (Å²) in [4.78, 5) is 117. The number of nitrogens with one attached hydrogen (secondary N) is 4. The second-order valence-electron chi connectivity index (χ2n) is 25.6. The number of aliphatic imine (C=N–C) groups is 1. The lowest BCUT2D eigenvalue weighted by Crippen LogP contribution is -2.60. The van der Waals surface area contributed by atoms with Crippen molar-refractivity contribution >= 4 is 65.2 Å². The van der Waals surface area contributed by atoms with Crippen LogP contribution in [0.1, 0.15) is 145 Å². The topological polar surface area (TPSA) is 301 Å². The third kappa shape index (κ3) is 26.1. The molecule has 1 fully saturated rings. The number of carbonyl (C=O) groups is 8. The Labute approximate surface area is 539 Å². The van der Waals surface area contributed by atoms with Crippen molar-refractivity contribution in [2.24, 2.45) is 28.7 Å². The lowest BCUT2D eigenvalue weighted by molar-refractivity contribution is -0.149. The van der Waals surface area contributed by atoms with Crippen molar-refractivity contribution < 1.29 is 81.4 Å². The largest absolute Gasteiger partial charge is 0.444 e. The van der Waals surface area contributed by atoms with E-state index in [2.05, 4.69) is 26.3 Å². The first kappa shape index (κ1) is 78.6. The number of hydrogen-bond acceptors (Lipinski definition) is 17. The summed E-state index contributed by atoms with van der Waals surface area (Å²) in [5.41, 5.74) is -0.517. The Hall–Kier alpha value is -6.61. The minimum Gasteiger partial charge on any atom is -0.444 e. The van der Waals surface area contributed by atoms with E-state index in [0.29, 0.717) is 31.4 Å². The van der Waals surface area contributed by atoms with E-state index in [4.69, 9.17) is 37.9 Å². The molecule has 7 unspecified atom stereocenters.